The molecule has 3 nitrogen and oxygen atoms in total. The third kappa shape index (κ3) is 4.43. The van der Waals surface area contributed by atoms with Crippen LogP contribution in [0.4, 0.5) is 0 Å². The molecule has 1 atom stereocenters. The number of benzene rings is 1. The first-order chi connectivity index (χ1) is 10.5. The largest absolute Gasteiger partial charge is 0.353 e. The van der Waals surface area contributed by atoms with Gasteiger partial charge in [0.15, 0.2) is 5.78 Å². The summed E-state index contributed by atoms with van der Waals surface area (Å²) in [4.78, 5) is 24.1. The normalized spacial score (nSPS) is 15.3. The second-order valence-electron chi connectivity index (χ2n) is 6.71. The Kier molecular flexibility index (Phi) is 5.76. The van der Waals surface area contributed by atoms with Gasteiger partial charge in [0.2, 0.25) is 5.91 Å². The molecule has 120 valence electrons. The first kappa shape index (κ1) is 16.7. The van der Waals surface area contributed by atoms with E-state index in [1.165, 1.54) is 24.0 Å². The van der Waals surface area contributed by atoms with Gasteiger partial charge in [-0.15, -0.1) is 0 Å². The van der Waals surface area contributed by atoms with Crippen molar-refractivity contribution in [2.75, 3.05) is 0 Å². The number of amides is 1. The monoisotopic (exact) mass is 301 g/mol. The zero-order valence-electron chi connectivity index (χ0n) is 13.9. The Morgan fingerprint density at radius 3 is 2.41 bits per heavy atom. The lowest BCUT2D eigenvalue weighted by atomic mass is 9.89. The summed E-state index contributed by atoms with van der Waals surface area (Å²) in [7, 11) is 0. The lowest BCUT2D eigenvalue weighted by molar-refractivity contribution is -0.121. The van der Waals surface area contributed by atoms with Crippen molar-refractivity contribution < 1.29 is 9.59 Å². The number of ketones is 1. The van der Waals surface area contributed by atoms with Gasteiger partial charge >= 0.3 is 0 Å². The fourth-order valence-corrected chi connectivity index (χ4v) is 2.77. The smallest absolute Gasteiger partial charge is 0.220 e. The fraction of sp³-hybridized carbons (Fsp3) is 0.579. The average Bonchev–Trinajstić information content (AvgIpc) is 2.52. The van der Waals surface area contributed by atoms with E-state index in [1.54, 1.807) is 0 Å². The van der Waals surface area contributed by atoms with E-state index < -0.39 is 0 Å². The molecule has 0 aromatic heterocycles. The summed E-state index contributed by atoms with van der Waals surface area (Å²) >= 11 is 0. The Morgan fingerprint density at radius 2 is 1.73 bits per heavy atom. The van der Waals surface area contributed by atoms with E-state index in [1.807, 2.05) is 19.1 Å². The van der Waals surface area contributed by atoms with E-state index in [9.17, 15) is 9.59 Å². The van der Waals surface area contributed by atoms with Crippen LogP contribution in [0.2, 0.25) is 0 Å². The quantitative estimate of drug-likeness (QED) is 0.815. The summed E-state index contributed by atoms with van der Waals surface area (Å²) in [5, 5.41) is 2.94. The molecule has 0 aliphatic heterocycles. The van der Waals surface area contributed by atoms with Crippen LogP contribution in [0.1, 0.15) is 67.9 Å². The van der Waals surface area contributed by atoms with Crippen LogP contribution in [0, 0.1) is 5.92 Å². The Morgan fingerprint density at radius 1 is 1.05 bits per heavy atom. The van der Waals surface area contributed by atoms with Crippen LogP contribution in [-0.4, -0.2) is 17.7 Å². The first-order valence-corrected chi connectivity index (χ1v) is 8.41. The summed E-state index contributed by atoms with van der Waals surface area (Å²) in [5.41, 5.74) is 3.45. The molecule has 0 spiro atoms. The van der Waals surface area contributed by atoms with Crippen molar-refractivity contribution in [3.8, 4) is 0 Å². The predicted molar refractivity (Wildman–Crippen MR) is 89.1 cm³/mol. The standard InChI is InChI=1S/C19H27NO2/c1-13(2)14(3)20-19(22)11-10-18(21)17-9-8-15-6-4-5-7-16(15)12-17/h8-9,12-14H,4-7,10-11H2,1-3H3,(H,20,22). The first-order valence-electron chi connectivity index (χ1n) is 8.41. The summed E-state index contributed by atoms with van der Waals surface area (Å²) in [6, 6.07) is 6.18. The highest BCUT2D eigenvalue weighted by Crippen LogP contribution is 2.22. The lowest BCUT2D eigenvalue weighted by Gasteiger charge is -2.17. The van der Waals surface area contributed by atoms with E-state index in [-0.39, 0.29) is 30.6 Å². The third-order valence-corrected chi connectivity index (χ3v) is 4.64. The number of fused-ring (bicyclic) bond motifs is 1. The summed E-state index contributed by atoms with van der Waals surface area (Å²) in [5.74, 6) is 0.438. The number of nitrogens with one attached hydrogen (secondary N) is 1. The Labute approximate surface area is 133 Å². The average molecular weight is 301 g/mol. The van der Waals surface area contributed by atoms with Gasteiger partial charge in [-0.05, 0) is 55.7 Å². The van der Waals surface area contributed by atoms with Crippen LogP contribution in [0.25, 0.3) is 0 Å². The molecule has 1 aromatic rings. The van der Waals surface area contributed by atoms with E-state index in [0.29, 0.717) is 5.92 Å². The van der Waals surface area contributed by atoms with E-state index in [4.69, 9.17) is 0 Å². The zero-order chi connectivity index (χ0) is 16.1. The summed E-state index contributed by atoms with van der Waals surface area (Å²) < 4.78 is 0. The molecule has 0 saturated heterocycles. The van der Waals surface area contributed by atoms with Crippen LogP contribution in [0.15, 0.2) is 18.2 Å². The maximum Gasteiger partial charge on any atom is 0.220 e. The number of aryl methyl sites for hydroxylation is 2. The molecule has 1 aromatic carbocycles. The molecule has 1 unspecified atom stereocenters. The number of Topliss-reactive ketones (excluding diaryl/α,β-unsaturated/α-hetero) is 1. The van der Waals surface area contributed by atoms with Gasteiger partial charge < -0.3 is 5.32 Å². The molecule has 0 heterocycles. The van der Waals surface area contributed by atoms with Crippen molar-refractivity contribution in [3.05, 3.63) is 34.9 Å². The van der Waals surface area contributed by atoms with Crippen molar-refractivity contribution in [3.63, 3.8) is 0 Å². The van der Waals surface area contributed by atoms with Crippen molar-refractivity contribution in [1.29, 1.82) is 0 Å². The SMILES string of the molecule is CC(C)C(C)NC(=O)CCC(=O)c1ccc2c(c1)CCCC2. The molecule has 2 rings (SSSR count). The second kappa shape index (κ2) is 7.57. The van der Waals surface area contributed by atoms with Crippen LogP contribution in [0.5, 0.6) is 0 Å². The molecule has 0 saturated carbocycles. The van der Waals surface area contributed by atoms with Gasteiger partial charge in [-0.25, -0.2) is 0 Å². The van der Waals surface area contributed by atoms with Gasteiger partial charge in [-0.2, -0.15) is 0 Å². The van der Waals surface area contributed by atoms with Crippen molar-refractivity contribution in [2.45, 2.75) is 65.3 Å². The van der Waals surface area contributed by atoms with Crippen LogP contribution < -0.4 is 5.32 Å². The molecule has 0 fully saturated rings. The minimum atomic E-state index is -0.0347. The number of rotatable bonds is 6. The third-order valence-electron chi connectivity index (χ3n) is 4.64. The minimum Gasteiger partial charge on any atom is -0.353 e. The maximum atomic E-state index is 12.3. The van der Waals surface area contributed by atoms with Crippen LogP contribution >= 0.6 is 0 Å². The highest BCUT2D eigenvalue weighted by Gasteiger charge is 2.15. The van der Waals surface area contributed by atoms with E-state index in [0.717, 1.165) is 18.4 Å². The van der Waals surface area contributed by atoms with E-state index in [2.05, 4.69) is 25.2 Å². The fourth-order valence-electron chi connectivity index (χ4n) is 2.77. The molecule has 3 heteroatoms. The van der Waals surface area contributed by atoms with E-state index >= 15 is 0 Å². The number of carbonyl (C=O) groups is 2. The number of hydrogen-bond donors (Lipinski definition) is 1. The summed E-state index contributed by atoms with van der Waals surface area (Å²) in [6.45, 7) is 6.14. The molecule has 1 aliphatic rings. The molecule has 1 aliphatic carbocycles. The van der Waals surface area contributed by atoms with Crippen LogP contribution in [-0.2, 0) is 17.6 Å². The molecule has 0 radical (unpaired) electrons. The van der Waals surface area contributed by atoms with Gasteiger partial charge in [-0.1, -0.05) is 26.0 Å². The van der Waals surface area contributed by atoms with Crippen molar-refractivity contribution in [1.82, 2.24) is 5.32 Å². The van der Waals surface area contributed by atoms with Gasteiger partial charge in [0.05, 0.1) is 0 Å². The molecule has 1 amide bonds. The Bertz CT molecular complexity index is 548. The Hall–Kier alpha value is -1.64. The zero-order valence-corrected chi connectivity index (χ0v) is 13.9. The van der Waals surface area contributed by atoms with Crippen molar-refractivity contribution >= 4 is 11.7 Å². The molecular formula is C19H27NO2. The highest BCUT2D eigenvalue weighted by atomic mass is 16.2. The Balaban J connectivity index is 1.88. The number of hydrogen-bond acceptors (Lipinski definition) is 2. The second-order valence-corrected chi connectivity index (χ2v) is 6.71. The molecule has 0 bridgehead atoms. The van der Waals surface area contributed by atoms with Crippen LogP contribution in [0.3, 0.4) is 0 Å². The molecule has 1 N–H and O–H groups in total. The predicted octanol–water partition coefficient (Wildman–Crippen LogP) is 3.69. The summed E-state index contributed by atoms with van der Waals surface area (Å²) in [6.07, 6.45) is 5.21. The lowest BCUT2D eigenvalue weighted by Crippen LogP contribution is -2.36. The highest BCUT2D eigenvalue weighted by molar-refractivity contribution is 5.98. The topological polar surface area (TPSA) is 46.2 Å². The van der Waals surface area contributed by atoms with Gasteiger partial charge in [-0.3, -0.25) is 9.59 Å². The number of carbonyl (C=O) groups excluding carboxylic acids is 2. The van der Waals surface area contributed by atoms with Gasteiger partial charge in [0.1, 0.15) is 0 Å². The van der Waals surface area contributed by atoms with Gasteiger partial charge in [0, 0.05) is 24.4 Å². The van der Waals surface area contributed by atoms with Crippen molar-refractivity contribution in [2.24, 2.45) is 5.92 Å². The molecule has 22 heavy (non-hydrogen) atoms. The molecular weight excluding hydrogens is 274 g/mol. The maximum absolute atomic E-state index is 12.3. The minimum absolute atomic E-state index is 0.0347. The van der Waals surface area contributed by atoms with Gasteiger partial charge in [0.25, 0.3) is 0 Å².